The number of nitrogens with two attached hydrogens (primary N) is 1. The Labute approximate surface area is 283 Å². The van der Waals surface area contributed by atoms with Crippen LogP contribution >= 0.6 is 0 Å². The van der Waals surface area contributed by atoms with E-state index in [1.807, 2.05) is 30.3 Å². The van der Waals surface area contributed by atoms with Gasteiger partial charge in [0.05, 0.1) is 42.0 Å². The molecular weight excluding hydrogens is 620 g/mol. The normalized spacial score (nSPS) is 18.6. The third-order valence-corrected chi connectivity index (χ3v) is 9.95. The zero-order valence-electron chi connectivity index (χ0n) is 27.0. The van der Waals surface area contributed by atoms with E-state index in [4.69, 9.17) is 15.2 Å². The molecule has 2 heterocycles. The minimum atomic E-state index is -1.32. The first-order chi connectivity index (χ1) is 23.8. The summed E-state index contributed by atoms with van der Waals surface area (Å²) in [6.07, 6.45) is 6.35. The average Bonchev–Trinajstić information content (AvgIpc) is 3.75. The van der Waals surface area contributed by atoms with Crippen molar-refractivity contribution in [1.82, 2.24) is 9.97 Å². The number of nitrogens with zero attached hydrogens (tertiary/aromatic N) is 2. The third-order valence-electron chi connectivity index (χ3n) is 9.95. The summed E-state index contributed by atoms with van der Waals surface area (Å²) in [7, 11) is 1.52. The molecule has 2 fully saturated rings. The van der Waals surface area contributed by atoms with Gasteiger partial charge in [0.25, 0.3) is 11.8 Å². The molecule has 4 unspecified atom stereocenters. The van der Waals surface area contributed by atoms with Gasteiger partial charge in [-0.15, -0.1) is 0 Å². The van der Waals surface area contributed by atoms with Gasteiger partial charge in [0, 0.05) is 11.6 Å². The molecule has 5 aromatic rings. The number of pyridine rings is 2. The Balaban J connectivity index is 1.36. The van der Waals surface area contributed by atoms with Crippen molar-refractivity contribution in [2.75, 3.05) is 19.0 Å². The van der Waals surface area contributed by atoms with Crippen molar-refractivity contribution in [2.45, 2.75) is 31.6 Å². The van der Waals surface area contributed by atoms with Crippen LogP contribution in [0.3, 0.4) is 0 Å². The molecule has 2 amide bonds. The third kappa shape index (κ3) is 6.06. The zero-order chi connectivity index (χ0) is 34.1. The van der Waals surface area contributed by atoms with Gasteiger partial charge in [-0.05, 0) is 78.5 Å². The second-order valence-corrected chi connectivity index (χ2v) is 12.8. The molecule has 2 aliphatic rings. The smallest absolute Gasteiger partial charge is 0.339 e. The van der Waals surface area contributed by atoms with Gasteiger partial charge in [0.15, 0.2) is 11.5 Å². The summed E-state index contributed by atoms with van der Waals surface area (Å²) in [6, 6.07) is 24.4. The molecule has 10 heteroatoms. The van der Waals surface area contributed by atoms with E-state index in [1.165, 1.54) is 32.6 Å². The van der Waals surface area contributed by atoms with Gasteiger partial charge >= 0.3 is 5.97 Å². The number of carbonyl (C=O) groups excluding carboxylic acids is 2. The van der Waals surface area contributed by atoms with Gasteiger partial charge in [-0.2, -0.15) is 0 Å². The Morgan fingerprint density at radius 2 is 1.71 bits per heavy atom. The summed E-state index contributed by atoms with van der Waals surface area (Å²) in [5.41, 5.74) is 7.60. The number of amides is 2. The Hall–Kier alpha value is -5.77. The highest BCUT2D eigenvalue weighted by molar-refractivity contribution is 6.11. The number of hydrogen-bond acceptors (Lipinski definition) is 7. The second-order valence-electron chi connectivity index (χ2n) is 12.8. The van der Waals surface area contributed by atoms with Crippen molar-refractivity contribution in [1.29, 1.82) is 0 Å². The molecule has 2 bridgehead atoms. The number of benzene rings is 3. The molecule has 4 atom stereocenters. The number of ether oxygens (including phenoxy) is 2. The van der Waals surface area contributed by atoms with Crippen LogP contribution in [0.2, 0.25) is 0 Å². The first-order valence-corrected chi connectivity index (χ1v) is 16.4. The summed E-state index contributed by atoms with van der Waals surface area (Å²) < 4.78 is 11.9. The molecule has 49 heavy (non-hydrogen) atoms. The van der Waals surface area contributed by atoms with E-state index in [0.29, 0.717) is 52.0 Å². The van der Waals surface area contributed by atoms with Crippen LogP contribution in [0.25, 0.3) is 10.9 Å². The maximum Gasteiger partial charge on any atom is 0.339 e. The summed E-state index contributed by atoms with van der Waals surface area (Å²) in [4.78, 5) is 49.4. The number of methoxy groups -OCH3 is 1. The molecule has 248 valence electrons. The first kappa shape index (κ1) is 31.8. The number of anilines is 1. The molecule has 0 radical (unpaired) electrons. The molecule has 7 rings (SSSR count). The highest BCUT2D eigenvalue weighted by Crippen LogP contribution is 2.49. The van der Waals surface area contributed by atoms with Gasteiger partial charge in [-0.25, -0.2) is 9.78 Å². The van der Waals surface area contributed by atoms with Crippen molar-refractivity contribution >= 4 is 34.5 Å². The highest BCUT2D eigenvalue weighted by Gasteiger charge is 2.40. The van der Waals surface area contributed by atoms with Crippen LogP contribution in [0.15, 0.2) is 91.1 Å². The van der Waals surface area contributed by atoms with E-state index in [-0.39, 0.29) is 28.2 Å². The Morgan fingerprint density at radius 1 is 0.939 bits per heavy atom. The molecule has 3 aromatic carbocycles. The minimum Gasteiger partial charge on any atom is -0.493 e. The van der Waals surface area contributed by atoms with Crippen LogP contribution in [-0.2, 0) is 0 Å². The van der Waals surface area contributed by atoms with Crippen LogP contribution in [0, 0.1) is 17.8 Å². The predicted molar refractivity (Wildman–Crippen MR) is 184 cm³/mol. The van der Waals surface area contributed by atoms with E-state index < -0.39 is 23.7 Å². The molecule has 4 N–H and O–H groups in total. The zero-order valence-corrected chi connectivity index (χ0v) is 27.0. The monoisotopic (exact) mass is 656 g/mol. The van der Waals surface area contributed by atoms with E-state index in [1.54, 1.807) is 54.6 Å². The second kappa shape index (κ2) is 13.4. The van der Waals surface area contributed by atoms with Crippen LogP contribution in [-0.4, -0.2) is 46.6 Å². The topological polar surface area (TPSA) is 154 Å². The minimum absolute atomic E-state index is 0.146. The number of para-hydroxylation sites is 2. The van der Waals surface area contributed by atoms with Crippen molar-refractivity contribution in [3.63, 3.8) is 0 Å². The maximum atomic E-state index is 14.1. The van der Waals surface area contributed by atoms with Gasteiger partial charge < -0.3 is 25.6 Å². The fourth-order valence-corrected chi connectivity index (χ4v) is 7.76. The number of fused-ring (bicyclic) bond motifs is 3. The lowest BCUT2D eigenvalue weighted by Crippen LogP contribution is -2.23. The molecule has 2 saturated carbocycles. The molecular formula is C39H36N4O6. The van der Waals surface area contributed by atoms with Crippen molar-refractivity contribution in [3.05, 3.63) is 125 Å². The number of aromatic nitrogens is 2. The summed E-state index contributed by atoms with van der Waals surface area (Å²) in [5.74, 6) is -1.18. The van der Waals surface area contributed by atoms with Crippen molar-refractivity contribution in [3.8, 4) is 11.5 Å². The number of carboxylic acids is 1. The van der Waals surface area contributed by atoms with Crippen molar-refractivity contribution < 1.29 is 29.0 Å². The van der Waals surface area contributed by atoms with Gasteiger partial charge in [0.1, 0.15) is 11.4 Å². The molecule has 10 nitrogen and oxygen atoms in total. The average molecular weight is 657 g/mol. The van der Waals surface area contributed by atoms with Gasteiger partial charge in [-0.3, -0.25) is 14.6 Å². The maximum absolute atomic E-state index is 14.1. The van der Waals surface area contributed by atoms with Crippen LogP contribution in [0.1, 0.15) is 79.5 Å². The van der Waals surface area contributed by atoms with Gasteiger partial charge in [0.2, 0.25) is 0 Å². The molecule has 0 aliphatic heterocycles. The SMILES string of the molecule is COc1cccc(C(=O)Nc2nc3ccccc3c(C(c3ccccc3)c3ncccc3C(N)=O)c2C(=O)O)c1OCC1CC2CCC1C2. The Kier molecular flexibility index (Phi) is 8.69. The highest BCUT2D eigenvalue weighted by atomic mass is 16.5. The summed E-state index contributed by atoms with van der Waals surface area (Å²) in [6.45, 7) is 0.464. The lowest BCUT2D eigenvalue weighted by atomic mass is 9.81. The number of aromatic carboxylic acids is 1. The number of rotatable bonds is 11. The van der Waals surface area contributed by atoms with Crippen LogP contribution < -0.4 is 20.5 Å². The number of carboxylic acid groups (broad SMARTS) is 1. The Bertz CT molecular complexity index is 2070. The lowest BCUT2D eigenvalue weighted by Gasteiger charge is -2.25. The van der Waals surface area contributed by atoms with Gasteiger partial charge in [-0.1, -0.05) is 61.0 Å². The number of hydrogen-bond donors (Lipinski definition) is 3. The van der Waals surface area contributed by atoms with E-state index in [2.05, 4.69) is 15.3 Å². The van der Waals surface area contributed by atoms with E-state index in [0.717, 1.165) is 12.3 Å². The molecule has 2 aliphatic carbocycles. The fraction of sp³-hybridized carbons (Fsp3) is 0.256. The number of primary amides is 1. The summed E-state index contributed by atoms with van der Waals surface area (Å²) in [5, 5.41) is 14.2. The van der Waals surface area contributed by atoms with Crippen LogP contribution in [0.5, 0.6) is 11.5 Å². The van der Waals surface area contributed by atoms with E-state index in [9.17, 15) is 19.5 Å². The van der Waals surface area contributed by atoms with Crippen molar-refractivity contribution in [2.24, 2.45) is 23.5 Å². The fourth-order valence-electron chi connectivity index (χ4n) is 7.76. The van der Waals surface area contributed by atoms with E-state index >= 15 is 0 Å². The number of nitrogens with one attached hydrogen (secondary N) is 1. The predicted octanol–water partition coefficient (Wildman–Crippen LogP) is 6.68. The molecule has 2 aromatic heterocycles. The standard InChI is InChI=1S/C39H36N4O6/c1-48-30-15-7-12-28(35(30)49-21-25-20-22-16-17-24(25)19-22)38(45)43-37-33(39(46)47)32(26-11-5-6-14-29(26)42-37)31(23-9-3-2-4-10-23)34-27(36(40)44)13-8-18-41-34/h2-15,18,22,24-25,31H,16-17,19-21H2,1H3,(H2,40,44)(H,46,47)(H,42,43,45). The Morgan fingerprint density at radius 3 is 2.43 bits per heavy atom. The largest absolute Gasteiger partial charge is 0.493 e. The summed E-state index contributed by atoms with van der Waals surface area (Å²) >= 11 is 0. The van der Waals surface area contributed by atoms with Crippen LogP contribution in [0.4, 0.5) is 5.82 Å². The molecule has 0 saturated heterocycles. The molecule has 0 spiro atoms. The number of carbonyl (C=O) groups is 3. The quantitative estimate of drug-likeness (QED) is 0.142. The lowest BCUT2D eigenvalue weighted by molar-refractivity contribution is 0.0696. The first-order valence-electron chi connectivity index (χ1n) is 16.4.